The van der Waals surface area contributed by atoms with Crippen molar-refractivity contribution in [3.63, 3.8) is 0 Å². The van der Waals surface area contributed by atoms with Crippen LogP contribution in [0, 0.1) is 11.6 Å². The SMILES string of the molecule is CCNC(C)c1cc(F)c(Cl)cc1F. The third-order valence-electron chi connectivity index (χ3n) is 2.02. The van der Waals surface area contributed by atoms with Gasteiger partial charge in [-0.25, -0.2) is 8.78 Å². The lowest BCUT2D eigenvalue weighted by molar-refractivity contribution is 0.529. The highest BCUT2D eigenvalue weighted by Gasteiger charge is 2.13. The van der Waals surface area contributed by atoms with Crippen LogP contribution in [0.1, 0.15) is 25.5 Å². The molecule has 0 aliphatic rings. The van der Waals surface area contributed by atoms with E-state index in [1.165, 1.54) is 0 Å². The summed E-state index contributed by atoms with van der Waals surface area (Å²) >= 11 is 5.43. The molecule has 0 spiro atoms. The van der Waals surface area contributed by atoms with Crippen LogP contribution in [0.2, 0.25) is 5.02 Å². The Morgan fingerprint density at radius 1 is 1.36 bits per heavy atom. The molecule has 0 heterocycles. The molecule has 0 radical (unpaired) electrons. The molecule has 1 aromatic carbocycles. The average Bonchev–Trinajstić information content (AvgIpc) is 2.11. The highest BCUT2D eigenvalue weighted by atomic mass is 35.5. The van der Waals surface area contributed by atoms with Gasteiger partial charge in [0.15, 0.2) is 0 Å². The van der Waals surface area contributed by atoms with E-state index >= 15 is 0 Å². The highest BCUT2D eigenvalue weighted by molar-refractivity contribution is 6.30. The van der Waals surface area contributed by atoms with Crippen molar-refractivity contribution in [2.75, 3.05) is 6.54 Å². The molecule has 1 nitrogen and oxygen atoms in total. The van der Waals surface area contributed by atoms with Gasteiger partial charge in [0.2, 0.25) is 0 Å². The lowest BCUT2D eigenvalue weighted by Crippen LogP contribution is -2.19. The van der Waals surface area contributed by atoms with Crippen molar-refractivity contribution in [2.45, 2.75) is 19.9 Å². The van der Waals surface area contributed by atoms with Crippen LogP contribution in [-0.2, 0) is 0 Å². The lowest BCUT2D eigenvalue weighted by Gasteiger charge is -2.13. The molecule has 0 amide bonds. The molecule has 1 rings (SSSR count). The van der Waals surface area contributed by atoms with Crippen LogP contribution < -0.4 is 5.32 Å². The van der Waals surface area contributed by atoms with E-state index in [-0.39, 0.29) is 11.1 Å². The van der Waals surface area contributed by atoms with Crippen molar-refractivity contribution in [1.82, 2.24) is 5.32 Å². The summed E-state index contributed by atoms with van der Waals surface area (Å²) in [7, 11) is 0. The largest absolute Gasteiger partial charge is 0.310 e. The van der Waals surface area contributed by atoms with E-state index in [1.54, 1.807) is 6.92 Å². The van der Waals surface area contributed by atoms with Crippen LogP contribution in [0.15, 0.2) is 12.1 Å². The molecule has 0 aromatic heterocycles. The van der Waals surface area contributed by atoms with Gasteiger partial charge in [0.05, 0.1) is 5.02 Å². The van der Waals surface area contributed by atoms with Crippen LogP contribution in [0.25, 0.3) is 0 Å². The summed E-state index contributed by atoms with van der Waals surface area (Å²) in [5.74, 6) is -1.07. The van der Waals surface area contributed by atoms with Crippen molar-refractivity contribution in [1.29, 1.82) is 0 Å². The molecule has 1 atom stereocenters. The van der Waals surface area contributed by atoms with Gasteiger partial charge in [-0.3, -0.25) is 0 Å². The fourth-order valence-corrected chi connectivity index (χ4v) is 1.44. The maximum atomic E-state index is 13.3. The number of rotatable bonds is 3. The minimum atomic E-state index is -0.590. The van der Waals surface area contributed by atoms with E-state index in [9.17, 15) is 8.78 Å². The normalized spacial score (nSPS) is 12.9. The molecule has 0 saturated heterocycles. The number of halogens is 3. The first kappa shape index (κ1) is 11.4. The maximum absolute atomic E-state index is 13.3. The van der Waals surface area contributed by atoms with Crippen molar-refractivity contribution in [2.24, 2.45) is 0 Å². The number of hydrogen-bond acceptors (Lipinski definition) is 1. The number of hydrogen-bond donors (Lipinski definition) is 1. The smallest absolute Gasteiger partial charge is 0.142 e. The Morgan fingerprint density at radius 2 is 2.00 bits per heavy atom. The van der Waals surface area contributed by atoms with Crippen molar-refractivity contribution >= 4 is 11.6 Å². The second-order valence-corrected chi connectivity index (χ2v) is 3.47. The average molecular weight is 220 g/mol. The first-order chi connectivity index (χ1) is 6.56. The maximum Gasteiger partial charge on any atom is 0.142 e. The molecule has 0 fully saturated rings. The van der Waals surface area contributed by atoms with E-state index in [2.05, 4.69) is 5.32 Å². The summed E-state index contributed by atoms with van der Waals surface area (Å²) in [6.07, 6.45) is 0. The second kappa shape index (κ2) is 4.71. The van der Waals surface area contributed by atoms with Crippen molar-refractivity contribution in [3.8, 4) is 0 Å². The van der Waals surface area contributed by atoms with Gasteiger partial charge in [0.1, 0.15) is 11.6 Å². The van der Waals surface area contributed by atoms with Gasteiger partial charge in [-0.15, -0.1) is 0 Å². The molecule has 1 unspecified atom stereocenters. The lowest BCUT2D eigenvalue weighted by atomic mass is 10.1. The second-order valence-electron chi connectivity index (χ2n) is 3.07. The van der Waals surface area contributed by atoms with E-state index in [1.807, 2.05) is 6.92 Å². The zero-order valence-corrected chi connectivity index (χ0v) is 8.83. The van der Waals surface area contributed by atoms with Crippen LogP contribution >= 0.6 is 11.6 Å². The van der Waals surface area contributed by atoms with E-state index in [0.29, 0.717) is 12.1 Å². The molecule has 0 aliphatic heterocycles. The molecule has 0 aliphatic carbocycles. The van der Waals surface area contributed by atoms with E-state index in [4.69, 9.17) is 11.6 Å². The van der Waals surface area contributed by atoms with E-state index < -0.39 is 11.6 Å². The van der Waals surface area contributed by atoms with Crippen LogP contribution in [0.4, 0.5) is 8.78 Å². The molecule has 0 bridgehead atoms. The Hall–Kier alpha value is -0.670. The topological polar surface area (TPSA) is 12.0 Å². The summed E-state index contributed by atoms with van der Waals surface area (Å²) in [5, 5.41) is 2.81. The summed E-state index contributed by atoms with van der Waals surface area (Å²) in [6, 6.07) is 1.91. The predicted octanol–water partition coefficient (Wildman–Crippen LogP) is 3.29. The molecule has 14 heavy (non-hydrogen) atoms. The first-order valence-electron chi connectivity index (χ1n) is 4.44. The van der Waals surface area contributed by atoms with Crippen molar-refractivity contribution in [3.05, 3.63) is 34.4 Å². The zero-order chi connectivity index (χ0) is 10.7. The molecule has 1 N–H and O–H groups in total. The molecule has 1 aromatic rings. The Kier molecular flexibility index (Phi) is 3.84. The van der Waals surface area contributed by atoms with Gasteiger partial charge < -0.3 is 5.32 Å². The van der Waals surface area contributed by atoms with Gasteiger partial charge in [-0.2, -0.15) is 0 Å². The van der Waals surface area contributed by atoms with Gasteiger partial charge >= 0.3 is 0 Å². The summed E-state index contributed by atoms with van der Waals surface area (Å²) in [6.45, 7) is 4.38. The Labute approximate surface area is 87.1 Å². The summed E-state index contributed by atoms with van der Waals surface area (Å²) in [4.78, 5) is 0. The minimum Gasteiger partial charge on any atom is -0.310 e. The van der Waals surface area contributed by atoms with Crippen LogP contribution in [-0.4, -0.2) is 6.54 Å². The molecule has 0 saturated carbocycles. The summed E-state index contributed by atoms with van der Waals surface area (Å²) < 4.78 is 26.3. The van der Waals surface area contributed by atoms with Gasteiger partial charge in [-0.05, 0) is 25.6 Å². The third-order valence-corrected chi connectivity index (χ3v) is 2.31. The minimum absolute atomic E-state index is 0.185. The van der Waals surface area contributed by atoms with Gasteiger partial charge in [-0.1, -0.05) is 18.5 Å². The third kappa shape index (κ3) is 2.42. The molecule has 4 heteroatoms. The number of nitrogens with one attached hydrogen (secondary N) is 1. The van der Waals surface area contributed by atoms with Gasteiger partial charge in [0, 0.05) is 11.6 Å². The standard InChI is InChI=1S/C10H12ClF2N/c1-3-14-6(2)7-4-10(13)8(11)5-9(7)12/h4-6,14H,3H2,1-2H3. The Balaban J connectivity index is 3.02. The summed E-state index contributed by atoms with van der Waals surface area (Å²) in [5.41, 5.74) is 0.300. The van der Waals surface area contributed by atoms with E-state index in [0.717, 1.165) is 12.1 Å². The van der Waals surface area contributed by atoms with Crippen molar-refractivity contribution < 1.29 is 8.78 Å². The molecule has 78 valence electrons. The first-order valence-corrected chi connectivity index (χ1v) is 4.81. The monoisotopic (exact) mass is 219 g/mol. The Morgan fingerprint density at radius 3 is 2.57 bits per heavy atom. The predicted molar refractivity (Wildman–Crippen MR) is 53.5 cm³/mol. The van der Waals surface area contributed by atoms with Crippen LogP contribution in [0.5, 0.6) is 0 Å². The fourth-order valence-electron chi connectivity index (χ4n) is 1.29. The van der Waals surface area contributed by atoms with Gasteiger partial charge in [0.25, 0.3) is 0 Å². The fraction of sp³-hybridized carbons (Fsp3) is 0.400. The quantitative estimate of drug-likeness (QED) is 0.770. The Bertz CT molecular complexity index is 328. The molecular formula is C10H12ClF2N. The molecular weight excluding hydrogens is 208 g/mol. The zero-order valence-electron chi connectivity index (χ0n) is 8.07. The van der Waals surface area contributed by atoms with Crippen LogP contribution in [0.3, 0.4) is 0 Å². The highest BCUT2D eigenvalue weighted by Crippen LogP contribution is 2.23. The number of benzene rings is 1.